The number of carbonyl (C=O) groups is 1. The molecule has 0 aromatic heterocycles. The first-order valence-corrected chi connectivity index (χ1v) is 10.8. The molecule has 0 fully saturated rings. The molecule has 2 aromatic carbocycles. The van der Waals surface area contributed by atoms with Crippen LogP contribution in [-0.2, 0) is 4.79 Å². The first-order chi connectivity index (χ1) is 14.7. The molecule has 3 rings (SSSR count). The van der Waals surface area contributed by atoms with Crippen molar-refractivity contribution in [3.05, 3.63) is 52.5 Å². The van der Waals surface area contributed by atoms with E-state index in [-0.39, 0.29) is 18.1 Å². The first kappa shape index (κ1) is 22.9. The van der Waals surface area contributed by atoms with Crippen molar-refractivity contribution in [1.82, 2.24) is 5.43 Å². The maximum atomic E-state index is 12.1. The van der Waals surface area contributed by atoms with Gasteiger partial charge in [-0.3, -0.25) is 4.79 Å². The Balaban J connectivity index is 1.71. The average Bonchev–Trinajstić information content (AvgIpc) is 2.73. The fraction of sp³-hybridized carbons (Fsp3) is 0.417. The van der Waals surface area contributed by atoms with Gasteiger partial charge in [0.05, 0.1) is 13.3 Å². The van der Waals surface area contributed by atoms with Crippen LogP contribution in [-0.4, -0.2) is 37.9 Å². The molecule has 31 heavy (non-hydrogen) atoms. The number of amides is 1. The number of methoxy groups -OCH3 is 1. The van der Waals surface area contributed by atoms with E-state index in [0.29, 0.717) is 16.7 Å². The van der Waals surface area contributed by atoms with Crippen LogP contribution in [0.3, 0.4) is 0 Å². The number of nitrogens with one attached hydrogen (secondary N) is 1. The molecule has 1 N–H and O–H groups in total. The lowest BCUT2D eigenvalue weighted by Gasteiger charge is -2.47. The highest BCUT2D eigenvalue weighted by atomic mass is 35.5. The third kappa shape index (κ3) is 5.31. The van der Waals surface area contributed by atoms with Crippen molar-refractivity contribution in [2.45, 2.75) is 45.6 Å². The second-order valence-corrected chi connectivity index (χ2v) is 8.79. The van der Waals surface area contributed by atoms with Gasteiger partial charge in [-0.2, -0.15) is 5.10 Å². The number of carbonyl (C=O) groups excluding carboxylic acids is 1. The Morgan fingerprint density at radius 2 is 2.03 bits per heavy atom. The molecule has 0 saturated heterocycles. The molecular formula is C24H30ClN3O3. The average molecular weight is 444 g/mol. The van der Waals surface area contributed by atoms with Gasteiger partial charge in [0, 0.05) is 34.4 Å². The molecule has 0 aliphatic carbocycles. The molecule has 1 amide bonds. The second-order valence-electron chi connectivity index (χ2n) is 8.35. The zero-order chi connectivity index (χ0) is 22.6. The number of nitrogens with zero attached hydrogens (tertiary/aromatic N) is 2. The van der Waals surface area contributed by atoms with Gasteiger partial charge in [0.1, 0.15) is 11.5 Å². The fourth-order valence-corrected chi connectivity index (χ4v) is 4.42. The van der Waals surface area contributed by atoms with Gasteiger partial charge in [0.25, 0.3) is 5.91 Å². The van der Waals surface area contributed by atoms with E-state index in [2.05, 4.69) is 55.3 Å². The van der Waals surface area contributed by atoms with Gasteiger partial charge in [-0.15, -0.1) is 0 Å². The van der Waals surface area contributed by atoms with Gasteiger partial charge >= 0.3 is 0 Å². The second kappa shape index (κ2) is 9.60. The summed E-state index contributed by atoms with van der Waals surface area (Å²) in [6.45, 7) is 9.76. The Morgan fingerprint density at radius 3 is 2.68 bits per heavy atom. The highest BCUT2D eigenvalue weighted by Gasteiger charge is 2.36. The van der Waals surface area contributed by atoms with Crippen molar-refractivity contribution < 1.29 is 14.3 Å². The van der Waals surface area contributed by atoms with Crippen LogP contribution in [0.2, 0.25) is 5.02 Å². The monoisotopic (exact) mass is 443 g/mol. The molecule has 1 aliphatic rings. The Labute approximate surface area is 189 Å². The standard InChI is InChI=1S/C24H30ClN3O3/c1-6-28-21-12-22(30-5)17(11-20(21)16(2)13-24(28,3)4)14-26-27-23(29)15-31-19-9-7-18(25)8-10-19/h7-12,14,16H,6,13,15H2,1-5H3,(H,27,29)/b26-14-. The Bertz CT molecular complexity index is 957. The van der Waals surface area contributed by atoms with E-state index >= 15 is 0 Å². The molecular weight excluding hydrogens is 414 g/mol. The van der Waals surface area contributed by atoms with E-state index in [1.54, 1.807) is 37.6 Å². The highest BCUT2D eigenvalue weighted by molar-refractivity contribution is 6.30. The van der Waals surface area contributed by atoms with E-state index in [9.17, 15) is 4.79 Å². The van der Waals surface area contributed by atoms with Crippen molar-refractivity contribution in [3.8, 4) is 11.5 Å². The van der Waals surface area contributed by atoms with Crippen LogP contribution < -0.4 is 19.8 Å². The SMILES string of the molecule is CCN1c2cc(OC)c(/C=N\NC(=O)COc3ccc(Cl)cc3)cc2C(C)CC1(C)C. The number of hydrogen-bond acceptors (Lipinski definition) is 5. The molecule has 2 aromatic rings. The predicted octanol–water partition coefficient (Wildman–Crippen LogP) is 4.99. The van der Waals surface area contributed by atoms with Gasteiger partial charge in [-0.05, 0) is 69.0 Å². The maximum absolute atomic E-state index is 12.1. The Kier molecular flexibility index (Phi) is 7.11. The summed E-state index contributed by atoms with van der Waals surface area (Å²) in [7, 11) is 1.64. The topological polar surface area (TPSA) is 63.2 Å². The van der Waals surface area contributed by atoms with Crippen LogP contribution in [0.15, 0.2) is 41.5 Å². The van der Waals surface area contributed by atoms with Crippen molar-refractivity contribution in [1.29, 1.82) is 0 Å². The molecule has 1 heterocycles. The zero-order valence-corrected chi connectivity index (χ0v) is 19.5. The first-order valence-electron chi connectivity index (χ1n) is 10.4. The molecule has 1 atom stereocenters. The number of rotatable bonds is 7. The summed E-state index contributed by atoms with van der Waals surface area (Å²) in [5, 5.41) is 4.71. The van der Waals surface area contributed by atoms with Crippen molar-refractivity contribution >= 4 is 29.4 Å². The summed E-state index contributed by atoms with van der Waals surface area (Å²) in [6, 6.07) is 11.0. The van der Waals surface area contributed by atoms with Crippen LogP contribution in [0, 0.1) is 0 Å². The van der Waals surface area contributed by atoms with E-state index < -0.39 is 0 Å². The predicted molar refractivity (Wildman–Crippen MR) is 126 cm³/mol. The fourth-order valence-electron chi connectivity index (χ4n) is 4.29. The van der Waals surface area contributed by atoms with Gasteiger partial charge in [-0.1, -0.05) is 18.5 Å². The smallest absolute Gasteiger partial charge is 0.277 e. The normalized spacial score (nSPS) is 17.4. The number of hydrazone groups is 1. The highest BCUT2D eigenvalue weighted by Crippen LogP contribution is 2.45. The number of halogens is 1. The minimum Gasteiger partial charge on any atom is -0.496 e. The van der Waals surface area contributed by atoms with Gasteiger partial charge < -0.3 is 14.4 Å². The molecule has 1 aliphatic heterocycles. The summed E-state index contributed by atoms with van der Waals surface area (Å²) in [4.78, 5) is 14.5. The third-order valence-electron chi connectivity index (χ3n) is 5.63. The number of fused-ring (bicyclic) bond motifs is 1. The molecule has 0 radical (unpaired) electrons. The zero-order valence-electron chi connectivity index (χ0n) is 18.7. The molecule has 166 valence electrons. The van der Waals surface area contributed by atoms with Crippen LogP contribution >= 0.6 is 11.6 Å². The quantitative estimate of drug-likeness (QED) is 0.483. The summed E-state index contributed by atoms with van der Waals surface area (Å²) < 4.78 is 11.0. The van der Waals surface area contributed by atoms with E-state index in [1.165, 1.54) is 11.3 Å². The van der Waals surface area contributed by atoms with E-state index in [0.717, 1.165) is 24.3 Å². The van der Waals surface area contributed by atoms with Crippen molar-refractivity contribution in [2.75, 3.05) is 25.2 Å². The van der Waals surface area contributed by atoms with Gasteiger partial charge in [0.2, 0.25) is 0 Å². The number of benzene rings is 2. The van der Waals surface area contributed by atoms with Crippen LogP contribution in [0.4, 0.5) is 5.69 Å². The molecule has 6 nitrogen and oxygen atoms in total. The van der Waals surface area contributed by atoms with E-state index in [4.69, 9.17) is 21.1 Å². The van der Waals surface area contributed by atoms with Gasteiger partial charge in [0.15, 0.2) is 6.61 Å². The Hall–Kier alpha value is -2.73. The van der Waals surface area contributed by atoms with Crippen LogP contribution in [0.1, 0.15) is 51.2 Å². The molecule has 0 saturated carbocycles. The molecule has 0 spiro atoms. The summed E-state index contributed by atoms with van der Waals surface area (Å²) in [5.41, 5.74) is 5.87. The van der Waals surface area contributed by atoms with Crippen molar-refractivity contribution in [2.24, 2.45) is 5.10 Å². The Morgan fingerprint density at radius 1 is 1.32 bits per heavy atom. The lowest BCUT2D eigenvalue weighted by Crippen LogP contribution is -2.48. The molecule has 7 heteroatoms. The van der Waals surface area contributed by atoms with Crippen LogP contribution in [0.25, 0.3) is 0 Å². The van der Waals surface area contributed by atoms with E-state index in [1.807, 2.05) is 0 Å². The lowest BCUT2D eigenvalue weighted by molar-refractivity contribution is -0.123. The summed E-state index contributed by atoms with van der Waals surface area (Å²) in [5.74, 6) is 1.35. The largest absolute Gasteiger partial charge is 0.496 e. The van der Waals surface area contributed by atoms with Gasteiger partial charge in [-0.25, -0.2) is 5.43 Å². The number of anilines is 1. The minimum absolute atomic E-state index is 0.0832. The summed E-state index contributed by atoms with van der Waals surface area (Å²) in [6.07, 6.45) is 2.68. The van der Waals surface area contributed by atoms with Crippen LogP contribution in [0.5, 0.6) is 11.5 Å². The molecule has 0 bridgehead atoms. The number of ether oxygens (including phenoxy) is 2. The lowest BCUT2D eigenvalue weighted by atomic mass is 9.79. The molecule has 1 unspecified atom stereocenters. The third-order valence-corrected chi connectivity index (χ3v) is 5.88. The minimum atomic E-state index is -0.351. The number of hydrogen-bond donors (Lipinski definition) is 1. The maximum Gasteiger partial charge on any atom is 0.277 e. The van der Waals surface area contributed by atoms with Crippen molar-refractivity contribution in [3.63, 3.8) is 0 Å². The summed E-state index contributed by atoms with van der Waals surface area (Å²) >= 11 is 5.84.